The van der Waals surface area contributed by atoms with E-state index in [2.05, 4.69) is 10.4 Å². The zero-order valence-corrected chi connectivity index (χ0v) is 16.6. The van der Waals surface area contributed by atoms with Crippen molar-refractivity contribution in [3.63, 3.8) is 0 Å². The standard InChI is InChI=1S/C23H24N4O2/c1-3-26-14-19(13-24-26)17-7-5-8-18(11-17)23(29)25-20-12-22(28)27(15-20)21-9-4-6-16(2)10-21/h4-11,13-14,20H,3,12,15H2,1-2H3,(H,25,29)/t20-/m0/s1. The molecule has 6 heteroatoms. The molecule has 0 spiro atoms. The average Bonchev–Trinajstić information content (AvgIpc) is 3.34. The second-order valence-corrected chi connectivity index (χ2v) is 7.38. The Morgan fingerprint density at radius 1 is 1.17 bits per heavy atom. The summed E-state index contributed by atoms with van der Waals surface area (Å²) >= 11 is 0. The minimum absolute atomic E-state index is 0.0293. The van der Waals surface area contributed by atoms with Crippen molar-refractivity contribution in [3.05, 3.63) is 72.1 Å². The van der Waals surface area contributed by atoms with Crippen LogP contribution in [0.2, 0.25) is 0 Å². The molecule has 6 nitrogen and oxygen atoms in total. The first kappa shape index (κ1) is 18.9. The first-order valence-corrected chi connectivity index (χ1v) is 9.84. The molecule has 1 N–H and O–H groups in total. The number of anilines is 1. The van der Waals surface area contributed by atoms with Crippen molar-refractivity contribution in [1.82, 2.24) is 15.1 Å². The molecule has 0 bridgehead atoms. The summed E-state index contributed by atoms with van der Waals surface area (Å²) in [5.74, 6) is -0.139. The lowest BCUT2D eigenvalue weighted by Crippen LogP contribution is -2.37. The molecule has 1 aliphatic heterocycles. The highest BCUT2D eigenvalue weighted by atomic mass is 16.2. The molecule has 2 heterocycles. The lowest BCUT2D eigenvalue weighted by Gasteiger charge is -2.18. The van der Waals surface area contributed by atoms with E-state index in [9.17, 15) is 9.59 Å². The number of benzene rings is 2. The summed E-state index contributed by atoms with van der Waals surface area (Å²) in [5.41, 5.74) is 4.48. The molecule has 1 aliphatic rings. The number of carbonyl (C=O) groups excluding carboxylic acids is 2. The van der Waals surface area contributed by atoms with Crippen LogP contribution in [0.3, 0.4) is 0 Å². The summed E-state index contributed by atoms with van der Waals surface area (Å²) in [6.07, 6.45) is 4.07. The van der Waals surface area contributed by atoms with Crippen molar-refractivity contribution in [1.29, 1.82) is 0 Å². The third-order valence-electron chi connectivity index (χ3n) is 5.19. The highest BCUT2D eigenvalue weighted by Crippen LogP contribution is 2.23. The van der Waals surface area contributed by atoms with Gasteiger partial charge in [-0.1, -0.05) is 24.3 Å². The molecular formula is C23H24N4O2. The predicted molar refractivity (Wildman–Crippen MR) is 113 cm³/mol. The fourth-order valence-corrected chi connectivity index (χ4v) is 3.64. The van der Waals surface area contributed by atoms with Gasteiger partial charge in [0.1, 0.15) is 0 Å². The zero-order valence-electron chi connectivity index (χ0n) is 16.6. The van der Waals surface area contributed by atoms with E-state index in [1.54, 1.807) is 17.2 Å². The van der Waals surface area contributed by atoms with Crippen molar-refractivity contribution in [2.24, 2.45) is 0 Å². The molecule has 0 aliphatic carbocycles. The van der Waals surface area contributed by atoms with Gasteiger partial charge in [-0.25, -0.2) is 0 Å². The van der Waals surface area contributed by atoms with Gasteiger partial charge < -0.3 is 10.2 Å². The molecule has 2 amide bonds. The highest BCUT2D eigenvalue weighted by molar-refractivity contribution is 5.99. The van der Waals surface area contributed by atoms with E-state index in [1.165, 1.54) is 0 Å². The Morgan fingerprint density at radius 2 is 2.00 bits per heavy atom. The van der Waals surface area contributed by atoms with Crippen LogP contribution in [0, 0.1) is 6.92 Å². The van der Waals surface area contributed by atoms with Crippen molar-refractivity contribution in [3.8, 4) is 11.1 Å². The Kier molecular flexibility index (Phi) is 5.16. The second-order valence-electron chi connectivity index (χ2n) is 7.38. The van der Waals surface area contributed by atoms with Gasteiger partial charge in [0.2, 0.25) is 5.91 Å². The molecule has 29 heavy (non-hydrogen) atoms. The summed E-state index contributed by atoms with van der Waals surface area (Å²) in [7, 11) is 0. The predicted octanol–water partition coefficient (Wildman–Crippen LogP) is 3.41. The molecule has 3 aromatic rings. The van der Waals surface area contributed by atoms with Gasteiger partial charge in [0.15, 0.2) is 0 Å². The van der Waals surface area contributed by atoms with Crippen LogP contribution in [-0.2, 0) is 11.3 Å². The molecule has 0 unspecified atom stereocenters. The molecule has 4 rings (SSSR count). The van der Waals surface area contributed by atoms with Crippen LogP contribution >= 0.6 is 0 Å². The molecule has 2 aromatic carbocycles. The maximum absolute atomic E-state index is 12.8. The summed E-state index contributed by atoms with van der Waals surface area (Å²) in [5, 5.41) is 7.31. The normalized spacial score (nSPS) is 16.3. The fraction of sp³-hybridized carbons (Fsp3) is 0.261. The number of nitrogens with one attached hydrogen (secondary N) is 1. The Labute approximate surface area is 170 Å². The summed E-state index contributed by atoms with van der Waals surface area (Å²) in [4.78, 5) is 27.0. The zero-order chi connectivity index (χ0) is 20.4. The lowest BCUT2D eigenvalue weighted by atomic mass is 10.1. The van der Waals surface area contributed by atoms with Crippen molar-refractivity contribution < 1.29 is 9.59 Å². The topological polar surface area (TPSA) is 67.2 Å². The number of aryl methyl sites for hydroxylation is 2. The third-order valence-corrected chi connectivity index (χ3v) is 5.19. The van der Waals surface area contributed by atoms with Crippen LogP contribution in [-0.4, -0.2) is 34.2 Å². The minimum Gasteiger partial charge on any atom is -0.347 e. The molecule has 1 aromatic heterocycles. The van der Waals surface area contributed by atoms with Gasteiger partial charge in [0.25, 0.3) is 5.91 Å². The molecule has 148 valence electrons. The molecular weight excluding hydrogens is 364 g/mol. The maximum atomic E-state index is 12.8. The second kappa shape index (κ2) is 7.91. The number of hydrogen-bond acceptors (Lipinski definition) is 3. The SMILES string of the molecule is CCn1cc(-c2cccc(C(=O)N[C@H]3CC(=O)N(c4cccc(C)c4)C3)c2)cn1. The largest absolute Gasteiger partial charge is 0.347 e. The summed E-state index contributed by atoms with van der Waals surface area (Å²) in [6.45, 7) is 5.31. The van der Waals surface area contributed by atoms with Crippen molar-refractivity contribution in [2.75, 3.05) is 11.4 Å². The van der Waals surface area contributed by atoms with Crippen LogP contribution in [0.15, 0.2) is 60.9 Å². The number of amides is 2. The molecule has 0 radical (unpaired) electrons. The van der Waals surface area contributed by atoms with Crippen LogP contribution in [0.1, 0.15) is 29.3 Å². The fourth-order valence-electron chi connectivity index (χ4n) is 3.64. The van der Waals surface area contributed by atoms with Crippen LogP contribution in [0.25, 0.3) is 11.1 Å². The van der Waals surface area contributed by atoms with Crippen LogP contribution in [0.5, 0.6) is 0 Å². The van der Waals surface area contributed by atoms with Gasteiger partial charge in [0.05, 0.1) is 12.2 Å². The molecule has 0 saturated carbocycles. The minimum atomic E-state index is -0.206. The number of hydrogen-bond donors (Lipinski definition) is 1. The van der Waals surface area contributed by atoms with Gasteiger partial charge in [0, 0.05) is 42.5 Å². The lowest BCUT2D eigenvalue weighted by molar-refractivity contribution is -0.117. The van der Waals surface area contributed by atoms with Gasteiger partial charge in [-0.05, 0) is 49.2 Å². The molecule has 1 saturated heterocycles. The van der Waals surface area contributed by atoms with E-state index in [1.807, 2.05) is 67.2 Å². The molecule has 1 atom stereocenters. The van der Waals surface area contributed by atoms with E-state index in [-0.39, 0.29) is 17.9 Å². The maximum Gasteiger partial charge on any atom is 0.251 e. The number of nitrogens with zero attached hydrogens (tertiary/aromatic N) is 3. The van der Waals surface area contributed by atoms with Crippen LogP contribution < -0.4 is 10.2 Å². The van der Waals surface area contributed by atoms with Gasteiger partial charge in [-0.3, -0.25) is 14.3 Å². The summed E-state index contributed by atoms with van der Waals surface area (Å²) in [6, 6.07) is 15.1. The smallest absolute Gasteiger partial charge is 0.251 e. The van der Waals surface area contributed by atoms with Crippen LogP contribution in [0.4, 0.5) is 5.69 Å². The number of rotatable bonds is 5. The summed E-state index contributed by atoms with van der Waals surface area (Å²) < 4.78 is 1.85. The number of carbonyl (C=O) groups is 2. The Balaban J connectivity index is 1.46. The Bertz CT molecular complexity index is 1060. The highest BCUT2D eigenvalue weighted by Gasteiger charge is 2.31. The van der Waals surface area contributed by atoms with E-state index >= 15 is 0 Å². The average molecular weight is 388 g/mol. The number of aromatic nitrogens is 2. The molecule has 1 fully saturated rings. The van der Waals surface area contributed by atoms with E-state index in [0.717, 1.165) is 28.9 Å². The quantitative estimate of drug-likeness (QED) is 0.728. The van der Waals surface area contributed by atoms with Gasteiger partial charge in [-0.2, -0.15) is 5.10 Å². The van der Waals surface area contributed by atoms with E-state index in [0.29, 0.717) is 18.5 Å². The first-order valence-electron chi connectivity index (χ1n) is 9.84. The van der Waals surface area contributed by atoms with Crippen molar-refractivity contribution >= 4 is 17.5 Å². The monoisotopic (exact) mass is 388 g/mol. The van der Waals surface area contributed by atoms with Gasteiger partial charge >= 0.3 is 0 Å². The Morgan fingerprint density at radius 3 is 2.76 bits per heavy atom. The van der Waals surface area contributed by atoms with E-state index in [4.69, 9.17) is 0 Å². The van der Waals surface area contributed by atoms with Gasteiger partial charge in [-0.15, -0.1) is 0 Å². The van der Waals surface area contributed by atoms with E-state index < -0.39 is 0 Å². The Hall–Kier alpha value is -3.41. The third kappa shape index (κ3) is 4.06. The first-order chi connectivity index (χ1) is 14.0. The van der Waals surface area contributed by atoms with Crippen molar-refractivity contribution in [2.45, 2.75) is 32.9 Å².